The third kappa shape index (κ3) is 11.0. The van der Waals surface area contributed by atoms with Gasteiger partial charge in [0.15, 0.2) is 5.78 Å². The smallest absolute Gasteiger partial charge is 0.308 e. The molecule has 2 N–H and O–H groups in total. The van der Waals surface area contributed by atoms with Gasteiger partial charge in [-0.1, -0.05) is 52.0 Å². The zero-order valence-electron chi connectivity index (χ0n) is 35.9. The Morgan fingerprint density at radius 2 is 1.68 bits per heavy atom. The van der Waals surface area contributed by atoms with Crippen molar-refractivity contribution in [2.75, 3.05) is 31.6 Å². The van der Waals surface area contributed by atoms with Crippen LogP contribution in [0.25, 0.3) is 11.1 Å². The second-order valence-corrected chi connectivity index (χ2v) is 17.3. The first kappa shape index (κ1) is 43.6. The number of hydrogen-bond donors (Lipinski definition) is 2. The maximum Gasteiger partial charge on any atom is 0.308 e. The average molecular weight is 819 g/mol. The number of rotatable bonds is 17. The third-order valence-electron chi connectivity index (χ3n) is 10.9. The lowest BCUT2D eigenvalue weighted by atomic mass is 9.85. The minimum absolute atomic E-state index is 0.00618. The fraction of sp³-hybridized carbons (Fsp3) is 0.447. The lowest BCUT2D eigenvalue weighted by Crippen LogP contribution is -2.35. The number of fused-ring (bicyclic) bond motifs is 2. The van der Waals surface area contributed by atoms with E-state index in [2.05, 4.69) is 36.4 Å². The summed E-state index contributed by atoms with van der Waals surface area (Å²) in [6.07, 6.45) is 9.53. The van der Waals surface area contributed by atoms with E-state index in [9.17, 15) is 24.0 Å². The third-order valence-corrected chi connectivity index (χ3v) is 10.9. The Hall–Kier alpha value is -5.98. The number of Topliss-reactive ketones (excluding diaryl/α,β-unsaturated/α-hetero) is 1. The summed E-state index contributed by atoms with van der Waals surface area (Å²) in [4.78, 5) is 71.0. The summed E-state index contributed by atoms with van der Waals surface area (Å²) in [5, 5.41) is 5.81. The molecule has 13 nitrogen and oxygen atoms in total. The van der Waals surface area contributed by atoms with Crippen LogP contribution >= 0.6 is 0 Å². The molecule has 2 aliphatic rings. The Morgan fingerprint density at radius 3 is 2.43 bits per heavy atom. The molecule has 2 aromatic carbocycles. The second-order valence-electron chi connectivity index (χ2n) is 17.3. The number of aliphatic imine (C=N–C) groups is 1. The number of nitrogens with one attached hydrogen (secondary N) is 2. The van der Waals surface area contributed by atoms with Crippen molar-refractivity contribution in [3.8, 4) is 16.9 Å². The quantitative estimate of drug-likeness (QED) is 0.0632. The molecule has 4 aromatic rings. The van der Waals surface area contributed by atoms with Crippen molar-refractivity contribution in [2.45, 2.75) is 85.6 Å². The van der Waals surface area contributed by atoms with E-state index in [0.717, 1.165) is 48.1 Å². The fourth-order valence-corrected chi connectivity index (χ4v) is 7.90. The zero-order valence-corrected chi connectivity index (χ0v) is 35.9. The van der Waals surface area contributed by atoms with E-state index in [1.165, 1.54) is 0 Å². The summed E-state index contributed by atoms with van der Waals surface area (Å²) in [6.45, 7) is 11.8. The van der Waals surface area contributed by atoms with Gasteiger partial charge in [-0.25, -0.2) is 0 Å². The standard InChI is InChI=1S/C47H58N6O7/c1-30-21-37-38(49-27-36-11-8-18-53(36)45(37)57)25-42(30)59-19-9-12-43(55)50-35-24-39(52(7)29-35)41(54)22-32-13-15-33(16-14-32)34-23-40(51(6)28-34)44(56)48-17-10-20-60-46(58)31(2)26-47(3,4)5/h13-16,21,23-25,27-29,31,36H,8-12,17-20,22,26H2,1-7H3,(H,48,56)(H,50,55)/t31-,36+/m1/s1. The molecule has 2 aliphatic heterocycles. The SMILES string of the molecule is Cc1cc2c(cc1OCCCC(=O)Nc1cc(C(=O)Cc3ccc(-c4cc(C(=O)NCCCOC(=O)[C@H](C)CC(C)(C)C)n(C)c4)cc3)n(C)c1)N=C[C@@H]1CCCN1C2=O. The predicted octanol–water partition coefficient (Wildman–Crippen LogP) is 7.62. The van der Waals surface area contributed by atoms with Crippen molar-refractivity contribution in [2.24, 2.45) is 30.4 Å². The normalized spacial score (nSPS) is 15.2. The fourth-order valence-electron chi connectivity index (χ4n) is 7.90. The first-order valence-electron chi connectivity index (χ1n) is 20.9. The van der Waals surface area contributed by atoms with Gasteiger partial charge in [0.2, 0.25) is 5.91 Å². The number of ketones is 1. The van der Waals surface area contributed by atoms with Crippen molar-refractivity contribution >= 4 is 47.1 Å². The molecule has 2 aromatic heterocycles. The molecule has 1 fully saturated rings. The van der Waals surface area contributed by atoms with Gasteiger partial charge >= 0.3 is 5.97 Å². The van der Waals surface area contributed by atoms with Crippen molar-refractivity contribution in [3.63, 3.8) is 0 Å². The Morgan fingerprint density at radius 1 is 0.933 bits per heavy atom. The molecule has 0 radical (unpaired) electrons. The van der Waals surface area contributed by atoms with Crippen LogP contribution in [0.5, 0.6) is 5.75 Å². The highest BCUT2D eigenvalue weighted by Gasteiger charge is 2.32. The zero-order chi connectivity index (χ0) is 43.1. The van der Waals surface area contributed by atoms with Gasteiger partial charge in [0.1, 0.15) is 11.4 Å². The number of carbonyl (C=O) groups is 5. The van der Waals surface area contributed by atoms with E-state index in [0.29, 0.717) is 60.1 Å². The first-order valence-corrected chi connectivity index (χ1v) is 20.9. The molecule has 0 aliphatic carbocycles. The van der Waals surface area contributed by atoms with Crippen LogP contribution in [0.3, 0.4) is 0 Å². The number of ether oxygens (including phenoxy) is 2. The van der Waals surface area contributed by atoms with Crippen LogP contribution in [-0.2, 0) is 34.8 Å². The van der Waals surface area contributed by atoms with Crippen LogP contribution < -0.4 is 15.4 Å². The Labute approximate surface area is 352 Å². The molecule has 0 unspecified atom stereocenters. The highest BCUT2D eigenvalue weighted by Crippen LogP contribution is 2.34. The van der Waals surface area contributed by atoms with Gasteiger partial charge in [-0.3, -0.25) is 29.0 Å². The van der Waals surface area contributed by atoms with Crippen molar-refractivity contribution in [1.29, 1.82) is 0 Å². The highest BCUT2D eigenvalue weighted by atomic mass is 16.5. The molecule has 3 amide bonds. The van der Waals surface area contributed by atoms with Crippen LogP contribution in [0.4, 0.5) is 11.4 Å². The average Bonchev–Trinajstić information content (AvgIpc) is 3.91. The van der Waals surface area contributed by atoms with E-state index in [4.69, 9.17) is 9.47 Å². The molecule has 0 saturated carbocycles. The summed E-state index contributed by atoms with van der Waals surface area (Å²) in [7, 11) is 3.59. The number of esters is 1. The summed E-state index contributed by atoms with van der Waals surface area (Å²) < 4.78 is 14.9. The summed E-state index contributed by atoms with van der Waals surface area (Å²) >= 11 is 0. The summed E-state index contributed by atoms with van der Waals surface area (Å²) in [5.74, 6) is -0.230. The van der Waals surface area contributed by atoms with Crippen LogP contribution in [0.2, 0.25) is 0 Å². The van der Waals surface area contributed by atoms with E-state index in [1.54, 1.807) is 28.4 Å². The molecule has 0 bridgehead atoms. The molecule has 4 heterocycles. The number of amides is 3. The number of aryl methyl sites for hydroxylation is 3. The van der Waals surface area contributed by atoms with Gasteiger partial charge in [0.25, 0.3) is 11.8 Å². The lowest BCUT2D eigenvalue weighted by molar-refractivity contribution is -0.149. The molecule has 318 valence electrons. The van der Waals surface area contributed by atoms with Gasteiger partial charge in [-0.05, 0) is 79.3 Å². The number of carbonyl (C=O) groups excluding carboxylic acids is 5. The van der Waals surface area contributed by atoms with Crippen molar-refractivity contribution in [1.82, 2.24) is 19.4 Å². The predicted molar refractivity (Wildman–Crippen MR) is 232 cm³/mol. The van der Waals surface area contributed by atoms with Gasteiger partial charge in [-0.15, -0.1) is 0 Å². The van der Waals surface area contributed by atoms with Crippen molar-refractivity contribution in [3.05, 3.63) is 89.0 Å². The van der Waals surface area contributed by atoms with E-state index < -0.39 is 0 Å². The van der Waals surface area contributed by atoms with Gasteiger partial charge in [0.05, 0.1) is 47.8 Å². The minimum atomic E-state index is -0.215. The molecular formula is C47H58N6O7. The van der Waals surface area contributed by atoms with E-state index >= 15 is 0 Å². The Bertz CT molecular complexity index is 2260. The van der Waals surface area contributed by atoms with Crippen LogP contribution in [0.1, 0.15) is 109 Å². The summed E-state index contributed by atoms with van der Waals surface area (Å²) in [6, 6.07) is 14.9. The van der Waals surface area contributed by atoms with E-state index in [1.807, 2.05) is 80.7 Å². The molecule has 13 heteroatoms. The molecule has 2 atom stereocenters. The number of anilines is 1. The molecular weight excluding hydrogens is 761 g/mol. The van der Waals surface area contributed by atoms with Crippen LogP contribution in [0.15, 0.2) is 65.9 Å². The van der Waals surface area contributed by atoms with Crippen LogP contribution in [0, 0.1) is 18.3 Å². The lowest BCUT2D eigenvalue weighted by Gasteiger charge is -2.22. The Balaban J connectivity index is 0.932. The summed E-state index contributed by atoms with van der Waals surface area (Å²) in [5.41, 5.74) is 6.22. The minimum Gasteiger partial charge on any atom is -0.493 e. The van der Waals surface area contributed by atoms with Gasteiger partial charge in [0, 0.05) is 70.3 Å². The van der Waals surface area contributed by atoms with Gasteiger partial charge < -0.3 is 34.1 Å². The first-order chi connectivity index (χ1) is 28.6. The molecule has 6 rings (SSSR count). The van der Waals surface area contributed by atoms with Crippen molar-refractivity contribution < 1.29 is 33.4 Å². The second kappa shape index (κ2) is 18.9. The number of benzene rings is 2. The van der Waals surface area contributed by atoms with Crippen LogP contribution in [-0.4, -0.2) is 82.1 Å². The monoisotopic (exact) mass is 818 g/mol. The Kier molecular flexibility index (Phi) is 13.8. The number of aromatic nitrogens is 2. The largest absolute Gasteiger partial charge is 0.493 e. The topological polar surface area (TPSA) is 153 Å². The molecule has 60 heavy (non-hydrogen) atoms. The molecule has 1 saturated heterocycles. The van der Waals surface area contributed by atoms with Gasteiger partial charge in [-0.2, -0.15) is 0 Å². The number of nitrogens with zero attached hydrogens (tertiary/aromatic N) is 4. The number of hydrogen-bond acceptors (Lipinski definition) is 8. The highest BCUT2D eigenvalue weighted by molar-refractivity contribution is 6.03. The molecule has 0 spiro atoms. The maximum absolute atomic E-state index is 13.4. The van der Waals surface area contributed by atoms with E-state index in [-0.39, 0.29) is 66.3 Å². The maximum atomic E-state index is 13.4.